The Morgan fingerprint density at radius 3 is 3.13 bits per heavy atom. The molecule has 2 aromatic rings. The van der Waals surface area contributed by atoms with Gasteiger partial charge in [0.15, 0.2) is 11.6 Å². The zero-order chi connectivity index (χ0) is 16.4. The third-order valence-corrected chi connectivity index (χ3v) is 3.86. The van der Waals surface area contributed by atoms with Crippen LogP contribution in [0.25, 0.3) is 10.9 Å². The number of nitrogens with zero attached hydrogens (tertiary/aromatic N) is 1. The number of carbonyl (C=O) groups is 1. The summed E-state index contributed by atoms with van der Waals surface area (Å²) in [6.07, 6.45) is 0.668. The van der Waals surface area contributed by atoms with Crippen LogP contribution in [0.1, 0.15) is 31.4 Å². The molecule has 124 valence electrons. The summed E-state index contributed by atoms with van der Waals surface area (Å²) >= 11 is 0. The van der Waals surface area contributed by atoms with Crippen molar-refractivity contribution < 1.29 is 13.9 Å². The molecule has 1 saturated heterocycles. The first-order chi connectivity index (χ1) is 11.1. The van der Waals surface area contributed by atoms with E-state index in [2.05, 4.69) is 20.8 Å². The number of nitrogens with one attached hydrogen (secondary N) is 3. The fourth-order valence-corrected chi connectivity index (χ4v) is 2.75. The number of amides is 1. The standard InChI is InChI=1S/C15H20FN5O2/c1-2-3-11(22)19-15-8-6-9(17)12(10-7-18-4-5-23-10)13(16)14(8)20-21-15/h6,10,18H,2-5,7,17H2,1H3,(H2,19,20,21,22). The predicted octanol–water partition coefficient (Wildman–Crippen LogP) is 1.68. The minimum absolute atomic E-state index is 0.163. The summed E-state index contributed by atoms with van der Waals surface area (Å²) in [6, 6.07) is 1.62. The fourth-order valence-electron chi connectivity index (χ4n) is 2.75. The summed E-state index contributed by atoms with van der Waals surface area (Å²) in [7, 11) is 0. The highest BCUT2D eigenvalue weighted by Crippen LogP contribution is 2.34. The average Bonchev–Trinajstić information content (AvgIpc) is 2.91. The molecule has 3 rings (SSSR count). The molecule has 0 saturated carbocycles. The van der Waals surface area contributed by atoms with Gasteiger partial charge in [-0.2, -0.15) is 5.10 Å². The lowest BCUT2D eigenvalue weighted by molar-refractivity contribution is -0.116. The Labute approximate surface area is 132 Å². The molecule has 1 aliphatic heterocycles. The molecule has 7 nitrogen and oxygen atoms in total. The topological polar surface area (TPSA) is 105 Å². The van der Waals surface area contributed by atoms with E-state index in [9.17, 15) is 9.18 Å². The van der Waals surface area contributed by atoms with Gasteiger partial charge in [0.05, 0.1) is 12.7 Å². The second kappa shape index (κ2) is 6.51. The van der Waals surface area contributed by atoms with E-state index >= 15 is 0 Å². The maximum absolute atomic E-state index is 14.8. The molecule has 1 unspecified atom stereocenters. The third kappa shape index (κ3) is 2.99. The van der Waals surface area contributed by atoms with E-state index in [4.69, 9.17) is 10.5 Å². The number of fused-ring (bicyclic) bond motifs is 1. The number of rotatable bonds is 4. The smallest absolute Gasteiger partial charge is 0.225 e. The van der Waals surface area contributed by atoms with Crippen LogP contribution < -0.4 is 16.4 Å². The van der Waals surface area contributed by atoms with Crippen molar-refractivity contribution in [1.82, 2.24) is 15.5 Å². The van der Waals surface area contributed by atoms with Crippen molar-refractivity contribution in [1.29, 1.82) is 0 Å². The molecule has 1 amide bonds. The molecule has 23 heavy (non-hydrogen) atoms. The summed E-state index contributed by atoms with van der Waals surface area (Å²) in [6.45, 7) is 3.64. The number of hydrogen-bond donors (Lipinski definition) is 4. The molecule has 2 heterocycles. The average molecular weight is 321 g/mol. The fraction of sp³-hybridized carbons (Fsp3) is 0.467. The normalized spacial score (nSPS) is 18.3. The van der Waals surface area contributed by atoms with E-state index in [-0.39, 0.29) is 17.1 Å². The zero-order valence-corrected chi connectivity index (χ0v) is 12.9. The van der Waals surface area contributed by atoms with Crippen LogP contribution in [0.2, 0.25) is 0 Å². The number of aromatic amines is 1. The van der Waals surface area contributed by atoms with Gasteiger partial charge in [-0.1, -0.05) is 6.92 Å². The highest BCUT2D eigenvalue weighted by Gasteiger charge is 2.25. The highest BCUT2D eigenvalue weighted by molar-refractivity contribution is 6.01. The van der Waals surface area contributed by atoms with E-state index in [1.807, 2.05) is 6.92 Å². The minimum atomic E-state index is -0.489. The Bertz CT molecular complexity index is 724. The van der Waals surface area contributed by atoms with Crippen LogP contribution in [-0.2, 0) is 9.53 Å². The van der Waals surface area contributed by atoms with Crippen LogP contribution in [0.15, 0.2) is 6.07 Å². The molecular weight excluding hydrogens is 301 g/mol. The van der Waals surface area contributed by atoms with Crippen molar-refractivity contribution in [3.63, 3.8) is 0 Å². The molecule has 5 N–H and O–H groups in total. The van der Waals surface area contributed by atoms with Gasteiger partial charge in [0.25, 0.3) is 0 Å². The zero-order valence-electron chi connectivity index (χ0n) is 12.9. The van der Waals surface area contributed by atoms with Crippen molar-refractivity contribution in [2.75, 3.05) is 30.7 Å². The molecule has 1 atom stereocenters. The first-order valence-electron chi connectivity index (χ1n) is 7.70. The molecule has 1 aromatic carbocycles. The number of hydrogen-bond acceptors (Lipinski definition) is 5. The van der Waals surface area contributed by atoms with Gasteiger partial charge in [0.1, 0.15) is 5.52 Å². The van der Waals surface area contributed by atoms with Gasteiger partial charge in [0, 0.05) is 36.1 Å². The van der Waals surface area contributed by atoms with Crippen molar-refractivity contribution in [3.05, 3.63) is 17.4 Å². The number of carbonyl (C=O) groups excluding carboxylic acids is 1. The summed E-state index contributed by atoms with van der Waals surface area (Å²) < 4.78 is 20.4. The predicted molar refractivity (Wildman–Crippen MR) is 85.6 cm³/mol. The lowest BCUT2D eigenvalue weighted by Gasteiger charge is -2.25. The van der Waals surface area contributed by atoms with Gasteiger partial charge in [-0.3, -0.25) is 9.89 Å². The van der Waals surface area contributed by atoms with Crippen LogP contribution in [0, 0.1) is 5.82 Å². The Balaban J connectivity index is 1.98. The number of morpholine rings is 1. The molecular formula is C15H20FN5O2. The summed E-state index contributed by atoms with van der Waals surface area (Å²) in [5.74, 6) is -0.362. The van der Waals surface area contributed by atoms with E-state index < -0.39 is 11.9 Å². The molecule has 1 aliphatic rings. The van der Waals surface area contributed by atoms with E-state index in [1.165, 1.54) is 0 Å². The number of nitrogen functional groups attached to an aromatic ring is 1. The lowest BCUT2D eigenvalue weighted by Crippen LogP contribution is -2.34. The number of anilines is 2. The molecule has 0 radical (unpaired) electrons. The van der Waals surface area contributed by atoms with Crippen LogP contribution in [0.5, 0.6) is 0 Å². The molecule has 0 aliphatic carbocycles. The molecule has 8 heteroatoms. The highest BCUT2D eigenvalue weighted by atomic mass is 19.1. The maximum Gasteiger partial charge on any atom is 0.225 e. The number of nitrogens with two attached hydrogens (primary N) is 1. The Morgan fingerprint density at radius 1 is 1.61 bits per heavy atom. The number of ether oxygens (including phenoxy) is 1. The van der Waals surface area contributed by atoms with Crippen molar-refractivity contribution in [2.24, 2.45) is 0 Å². The van der Waals surface area contributed by atoms with Gasteiger partial charge in [-0.15, -0.1) is 0 Å². The van der Waals surface area contributed by atoms with Crippen molar-refractivity contribution in [3.8, 4) is 0 Å². The number of halogens is 1. The molecule has 0 bridgehead atoms. The van der Waals surface area contributed by atoms with Crippen LogP contribution in [-0.4, -0.2) is 35.8 Å². The van der Waals surface area contributed by atoms with Crippen LogP contribution in [0.4, 0.5) is 15.9 Å². The van der Waals surface area contributed by atoms with Crippen LogP contribution in [0.3, 0.4) is 0 Å². The van der Waals surface area contributed by atoms with Gasteiger partial charge >= 0.3 is 0 Å². The second-order valence-corrected chi connectivity index (χ2v) is 5.55. The van der Waals surface area contributed by atoms with Gasteiger partial charge in [-0.25, -0.2) is 4.39 Å². The quantitative estimate of drug-likeness (QED) is 0.641. The SMILES string of the molecule is CCCC(=O)Nc1n[nH]c2c(F)c(C3CNCCO3)c(N)cc12. The number of benzene rings is 1. The number of aromatic nitrogens is 2. The Hall–Kier alpha value is -2.19. The van der Waals surface area contributed by atoms with E-state index in [1.54, 1.807) is 6.07 Å². The molecule has 1 fully saturated rings. The summed E-state index contributed by atoms with van der Waals surface area (Å²) in [5.41, 5.74) is 6.86. The molecule has 1 aromatic heterocycles. The van der Waals surface area contributed by atoms with Gasteiger partial charge < -0.3 is 21.1 Å². The first kappa shape index (κ1) is 15.7. The lowest BCUT2D eigenvalue weighted by atomic mass is 10.0. The minimum Gasteiger partial charge on any atom is -0.398 e. The molecule has 0 spiro atoms. The monoisotopic (exact) mass is 321 g/mol. The maximum atomic E-state index is 14.8. The summed E-state index contributed by atoms with van der Waals surface area (Å²) in [5, 5.41) is 12.9. The van der Waals surface area contributed by atoms with E-state index in [0.29, 0.717) is 36.3 Å². The Morgan fingerprint density at radius 2 is 2.43 bits per heavy atom. The largest absolute Gasteiger partial charge is 0.398 e. The second-order valence-electron chi connectivity index (χ2n) is 5.55. The van der Waals surface area contributed by atoms with Crippen molar-refractivity contribution >= 4 is 28.3 Å². The first-order valence-corrected chi connectivity index (χ1v) is 7.70. The third-order valence-electron chi connectivity index (χ3n) is 3.86. The summed E-state index contributed by atoms with van der Waals surface area (Å²) in [4.78, 5) is 11.7. The van der Waals surface area contributed by atoms with E-state index in [0.717, 1.165) is 13.0 Å². The van der Waals surface area contributed by atoms with Crippen LogP contribution >= 0.6 is 0 Å². The van der Waals surface area contributed by atoms with Gasteiger partial charge in [-0.05, 0) is 12.5 Å². The van der Waals surface area contributed by atoms with Gasteiger partial charge in [0.2, 0.25) is 5.91 Å². The number of H-pyrrole nitrogens is 1. The van der Waals surface area contributed by atoms with Crippen molar-refractivity contribution in [2.45, 2.75) is 25.9 Å². The Kier molecular flexibility index (Phi) is 4.44.